The molecule has 12 heavy (non-hydrogen) atoms. The largest absolute Gasteiger partial charge is 0.449 e. The van der Waals surface area contributed by atoms with Crippen LogP contribution < -0.4 is 0 Å². The first kappa shape index (κ1) is 9.03. The van der Waals surface area contributed by atoms with Gasteiger partial charge in [0.1, 0.15) is 0 Å². The number of likely N-dealkylation sites (tertiary alicyclic amines) is 1. The number of carbonyl (C=O) groups excluding carboxylic acids is 2. The van der Waals surface area contributed by atoms with Crippen LogP contribution in [0.15, 0.2) is 0 Å². The minimum Gasteiger partial charge on any atom is -0.449 e. The lowest BCUT2D eigenvalue weighted by Crippen LogP contribution is -2.47. The molecular formula is C8H13NO3. The van der Waals surface area contributed by atoms with Gasteiger partial charge in [0.15, 0.2) is 0 Å². The Morgan fingerprint density at radius 2 is 2.42 bits per heavy atom. The number of amides is 2. The van der Waals surface area contributed by atoms with Crippen LogP contribution in [0, 0.1) is 0 Å². The fourth-order valence-corrected chi connectivity index (χ4v) is 0.890. The molecular weight excluding hydrogens is 158 g/mol. The van der Waals surface area contributed by atoms with Crippen LogP contribution in [0.2, 0.25) is 0 Å². The van der Waals surface area contributed by atoms with Gasteiger partial charge in [0, 0.05) is 13.0 Å². The second-order valence-corrected chi connectivity index (χ2v) is 2.76. The summed E-state index contributed by atoms with van der Waals surface area (Å²) in [6.45, 7) is 2.95. The Kier molecular flexibility index (Phi) is 3.08. The molecule has 0 unspecified atom stereocenters. The first-order chi connectivity index (χ1) is 5.75. The van der Waals surface area contributed by atoms with Crippen LogP contribution in [0.1, 0.15) is 26.2 Å². The molecule has 1 heterocycles. The molecule has 4 heteroatoms. The first-order valence-electron chi connectivity index (χ1n) is 4.23. The van der Waals surface area contributed by atoms with Gasteiger partial charge in [-0.3, -0.25) is 4.79 Å². The van der Waals surface area contributed by atoms with Crippen LogP contribution >= 0.6 is 0 Å². The van der Waals surface area contributed by atoms with Crippen LogP contribution in [0.5, 0.6) is 0 Å². The van der Waals surface area contributed by atoms with Gasteiger partial charge in [0.05, 0.1) is 6.61 Å². The Hall–Kier alpha value is -1.06. The van der Waals surface area contributed by atoms with E-state index >= 15 is 0 Å². The molecule has 0 saturated carbocycles. The summed E-state index contributed by atoms with van der Waals surface area (Å²) in [7, 11) is 0. The molecule has 0 aromatic heterocycles. The summed E-state index contributed by atoms with van der Waals surface area (Å²) >= 11 is 0. The molecule has 0 bridgehead atoms. The van der Waals surface area contributed by atoms with Crippen molar-refractivity contribution in [3.8, 4) is 0 Å². The molecule has 0 N–H and O–H groups in total. The topological polar surface area (TPSA) is 46.6 Å². The lowest BCUT2D eigenvalue weighted by Gasteiger charge is -2.27. The number of rotatable bonds is 3. The summed E-state index contributed by atoms with van der Waals surface area (Å²) in [5, 5.41) is 0. The van der Waals surface area contributed by atoms with Crippen LogP contribution in [0.4, 0.5) is 4.79 Å². The Morgan fingerprint density at radius 1 is 1.67 bits per heavy atom. The zero-order valence-electron chi connectivity index (χ0n) is 7.21. The van der Waals surface area contributed by atoms with Gasteiger partial charge in [-0.2, -0.15) is 0 Å². The van der Waals surface area contributed by atoms with Crippen molar-refractivity contribution in [2.24, 2.45) is 0 Å². The minimum atomic E-state index is -0.486. The zero-order chi connectivity index (χ0) is 8.97. The Labute approximate surface area is 71.5 Å². The second kappa shape index (κ2) is 4.09. The number of imide groups is 1. The van der Waals surface area contributed by atoms with E-state index in [2.05, 4.69) is 0 Å². The fraction of sp³-hybridized carbons (Fsp3) is 0.750. The maximum atomic E-state index is 11.0. The van der Waals surface area contributed by atoms with Gasteiger partial charge in [0.2, 0.25) is 5.91 Å². The maximum absolute atomic E-state index is 11.0. The van der Waals surface area contributed by atoms with E-state index in [-0.39, 0.29) is 5.91 Å². The van der Waals surface area contributed by atoms with Crippen molar-refractivity contribution >= 4 is 12.0 Å². The first-order valence-corrected chi connectivity index (χ1v) is 4.23. The van der Waals surface area contributed by atoms with Gasteiger partial charge in [0.25, 0.3) is 0 Å². The molecule has 0 aliphatic carbocycles. The third-order valence-corrected chi connectivity index (χ3v) is 1.79. The van der Waals surface area contributed by atoms with Crippen molar-refractivity contribution in [3.63, 3.8) is 0 Å². The normalized spacial score (nSPS) is 15.8. The van der Waals surface area contributed by atoms with Crippen LogP contribution in [-0.4, -0.2) is 30.1 Å². The Bertz CT molecular complexity index is 191. The molecule has 0 radical (unpaired) electrons. The lowest BCUT2D eigenvalue weighted by molar-refractivity contribution is -0.137. The number of unbranched alkanes of at least 4 members (excludes halogenated alkanes) is 1. The predicted octanol–water partition coefficient (Wildman–Crippen LogP) is 1.16. The van der Waals surface area contributed by atoms with Gasteiger partial charge >= 0.3 is 6.09 Å². The highest BCUT2D eigenvalue weighted by Crippen LogP contribution is 2.09. The number of hydrogen-bond acceptors (Lipinski definition) is 3. The van der Waals surface area contributed by atoms with Crippen molar-refractivity contribution in [1.82, 2.24) is 4.90 Å². The Morgan fingerprint density at radius 3 is 2.83 bits per heavy atom. The quantitative estimate of drug-likeness (QED) is 0.472. The van der Waals surface area contributed by atoms with Crippen LogP contribution in [0.3, 0.4) is 0 Å². The SMILES string of the molecule is CCCCOC(=O)N1CCC1=O. The molecule has 2 amide bonds. The highest BCUT2D eigenvalue weighted by Gasteiger charge is 2.30. The van der Waals surface area contributed by atoms with Crippen LogP contribution in [0.25, 0.3) is 0 Å². The van der Waals surface area contributed by atoms with Crippen molar-refractivity contribution in [3.05, 3.63) is 0 Å². The summed E-state index contributed by atoms with van der Waals surface area (Å²) in [6, 6.07) is 0. The van der Waals surface area contributed by atoms with E-state index in [4.69, 9.17) is 4.74 Å². The Balaban J connectivity index is 2.15. The number of carbonyl (C=O) groups is 2. The summed E-state index contributed by atoms with van der Waals surface area (Å²) in [5.41, 5.74) is 0. The molecule has 0 atom stereocenters. The van der Waals surface area contributed by atoms with Gasteiger partial charge in [-0.05, 0) is 6.42 Å². The number of hydrogen-bond donors (Lipinski definition) is 0. The minimum absolute atomic E-state index is 0.128. The summed E-state index contributed by atoms with van der Waals surface area (Å²) in [4.78, 5) is 22.9. The molecule has 1 saturated heterocycles. The third-order valence-electron chi connectivity index (χ3n) is 1.79. The fourth-order valence-electron chi connectivity index (χ4n) is 0.890. The number of ether oxygens (including phenoxy) is 1. The molecule has 68 valence electrons. The average Bonchev–Trinajstić information content (AvgIpc) is 2.02. The third kappa shape index (κ3) is 1.96. The molecule has 4 nitrogen and oxygen atoms in total. The van der Waals surface area contributed by atoms with E-state index in [1.165, 1.54) is 0 Å². The molecule has 1 aliphatic heterocycles. The van der Waals surface area contributed by atoms with E-state index in [1.807, 2.05) is 6.92 Å². The molecule has 1 aliphatic rings. The summed E-state index contributed by atoms with van der Waals surface area (Å²) in [5.74, 6) is -0.128. The number of β-lactam (4-membered cyclic amide) rings is 1. The monoisotopic (exact) mass is 171 g/mol. The standard InChI is InChI=1S/C8H13NO3/c1-2-3-6-12-8(11)9-5-4-7(9)10/h2-6H2,1H3. The van der Waals surface area contributed by atoms with Crippen molar-refractivity contribution in [2.75, 3.05) is 13.2 Å². The summed E-state index contributed by atoms with van der Waals surface area (Å²) < 4.78 is 4.82. The maximum Gasteiger partial charge on any atom is 0.416 e. The van der Waals surface area contributed by atoms with E-state index in [1.54, 1.807) is 0 Å². The van der Waals surface area contributed by atoms with Crippen molar-refractivity contribution in [2.45, 2.75) is 26.2 Å². The van der Waals surface area contributed by atoms with E-state index in [0.717, 1.165) is 17.7 Å². The average molecular weight is 171 g/mol. The summed E-state index contributed by atoms with van der Waals surface area (Å²) in [6.07, 6.45) is 1.83. The highest BCUT2D eigenvalue weighted by molar-refractivity contribution is 5.96. The lowest BCUT2D eigenvalue weighted by atomic mass is 10.2. The highest BCUT2D eigenvalue weighted by atomic mass is 16.6. The second-order valence-electron chi connectivity index (χ2n) is 2.76. The smallest absolute Gasteiger partial charge is 0.416 e. The molecule has 0 aromatic rings. The predicted molar refractivity (Wildman–Crippen MR) is 42.6 cm³/mol. The van der Waals surface area contributed by atoms with Gasteiger partial charge in [-0.1, -0.05) is 13.3 Å². The van der Waals surface area contributed by atoms with Gasteiger partial charge in [-0.15, -0.1) is 0 Å². The van der Waals surface area contributed by atoms with Gasteiger partial charge in [-0.25, -0.2) is 9.69 Å². The van der Waals surface area contributed by atoms with Crippen LogP contribution in [-0.2, 0) is 9.53 Å². The van der Waals surface area contributed by atoms with Crippen molar-refractivity contribution in [1.29, 1.82) is 0 Å². The van der Waals surface area contributed by atoms with Gasteiger partial charge < -0.3 is 4.74 Å². The van der Waals surface area contributed by atoms with E-state index < -0.39 is 6.09 Å². The van der Waals surface area contributed by atoms with E-state index in [9.17, 15) is 9.59 Å². The zero-order valence-corrected chi connectivity index (χ0v) is 7.21. The molecule has 0 aromatic carbocycles. The molecule has 1 fully saturated rings. The van der Waals surface area contributed by atoms with E-state index in [0.29, 0.717) is 19.6 Å². The van der Waals surface area contributed by atoms with Crippen molar-refractivity contribution < 1.29 is 14.3 Å². The number of nitrogens with zero attached hydrogens (tertiary/aromatic N) is 1. The molecule has 1 rings (SSSR count). The molecule has 0 spiro atoms.